The van der Waals surface area contributed by atoms with Crippen molar-refractivity contribution in [3.63, 3.8) is 0 Å². The first-order valence-corrected chi connectivity index (χ1v) is 32.8. The van der Waals surface area contributed by atoms with E-state index in [9.17, 15) is 0 Å². The average molecular weight is 994 g/mol. The minimum atomic E-state index is -2.33. The summed E-state index contributed by atoms with van der Waals surface area (Å²) in [6.07, 6.45) is 67.2. The standard InChI is InChI=1S/2C32H68N.CH2O3/c2*1-5-9-13-17-21-25-29-33(30-26-22-18-14-10-6-2,31-27-23-19-15-11-7-3)32-28-24-20-16-12-8-4;2-1(3)4/h2*5-32H2,1-4H3;(H2,2,3,4)/q2*+1;/p-2. The van der Waals surface area contributed by atoms with Gasteiger partial charge in [-0.15, -0.1) is 0 Å². The second kappa shape index (κ2) is 62.5. The molecule has 0 radical (unpaired) electrons. The number of rotatable bonds is 56. The Labute approximate surface area is 444 Å². The van der Waals surface area contributed by atoms with Gasteiger partial charge in [0, 0.05) is 0 Å². The highest BCUT2D eigenvalue weighted by atomic mass is 16.6. The normalized spacial score (nSPS) is 11.7. The second-order valence-electron chi connectivity index (χ2n) is 22.9. The molecule has 424 valence electrons. The zero-order valence-electron chi connectivity index (χ0n) is 50.2. The summed E-state index contributed by atoms with van der Waals surface area (Å²) in [5.74, 6) is 0. The van der Waals surface area contributed by atoms with Crippen LogP contribution in [-0.4, -0.2) is 67.5 Å². The fourth-order valence-electron chi connectivity index (χ4n) is 11.2. The molecule has 0 spiro atoms. The Hall–Kier alpha value is -0.810. The summed E-state index contributed by atoms with van der Waals surface area (Å²) >= 11 is 0. The molecule has 5 nitrogen and oxygen atoms in total. The van der Waals surface area contributed by atoms with Crippen LogP contribution in [0.2, 0.25) is 0 Å². The van der Waals surface area contributed by atoms with E-state index in [4.69, 9.17) is 15.0 Å². The van der Waals surface area contributed by atoms with E-state index in [0.717, 1.165) is 0 Å². The lowest BCUT2D eigenvalue weighted by molar-refractivity contribution is -0.929. The highest BCUT2D eigenvalue weighted by molar-refractivity contribution is 5.47. The molecule has 70 heavy (non-hydrogen) atoms. The summed E-state index contributed by atoms with van der Waals surface area (Å²) in [5.41, 5.74) is 0. The SMILES string of the molecule is CCCCCCCC[N+](CCCCCCCC)(CCCCCCCC)CCCCCCCC.CCCCCCCC[N+](CCCCCCCC)(CCCCCCCC)CCCCCCCC.O=C([O-])[O-]. The van der Waals surface area contributed by atoms with E-state index in [2.05, 4.69) is 55.4 Å². The van der Waals surface area contributed by atoms with E-state index in [1.54, 1.807) is 0 Å². The summed E-state index contributed by atoms with van der Waals surface area (Å²) in [6.45, 7) is 30.5. The molecule has 0 fully saturated rings. The van der Waals surface area contributed by atoms with Crippen molar-refractivity contribution in [2.75, 3.05) is 52.4 Å². The summed E-state index contributed by atoms with van der Waals surface area (Å²) in [4.78, 5) is 8.33. The molecule has 0 saturated carbocycles. The second-order valence-corrected chi connectivity index (χ2v) is 22.9. The highest BCUT2D eigenvalue weighted by Gasteiger charge is 2.27. The predicted octanol–water partition coefficient (Wildman–Crippen LogP) is 20.0. The number of carboxylic acid groups (broad SMARTS) is 2. The molecule has 0 aliphatic rings. The third kappa shape index (κ3) is 58.1. The van der Waals surface area contributed by atoms with Crippen LogP contribution in [0.1, 0.15) is 364 Å². The van der Waals surface area contributed by atoms with Gasteiger partial charge in [-0.3, -0.25) is 0 Å². The number of hydrogen-bond acceptors (Lipinski definition) is 3. The Bertz CT molecular complexity index is 731. The summed E-state index contributed by atoms with van der Waals surface area (Å²) in [6, 6.07) is 0. The maximum absolute atomic E-state index is 8.33. The smallest absolute Gasteiger partial charge is 0.0786 e. The van der Waals surface area contributed by atoms with Gasteiger partial charge >= 0.3 is 0 Å². The lowest BCUT2D eigenvalue weighted by Gasteiger charge is -2.40. The van der Waals surface area contributed by atoms with Crippen LogP contribution in [0, 0.1) is 0 Å². The highest BCUT2D eigenvalue weighted by Crippen LogP contribution is 2.23. The molecule has 0 heterocycles. The number of nitrogens with zero attached hydrogens (tertiary/aromatic N) is 2. The van der Waals surface area contributed by atoms with Gasteiger partial charge in [-0.1, -0.05) is 261 Å². The van der Waals surface area contributed by atoms with E-state index in [0.29, 0.717) is 0 Å². The number of unbranched alkanes of at least 4 members (excludes halogenated alkanes) is 40. The van der Waals surface area contributed by atoms with E-state index in [1.807, 2.05) is 0 Å². The molecular weight excluding hydrogens is 857 g/mol. The molecule has 0 atom stereocenters. The van der Waals surface area contributed by atoms with Crippen LogP contribution < -0.4 is 10.2 Å². The Kier molecular flexibility index (Phi) is 65.6. The minimum absolute atomic E-state index is 1.37. The van der Waals surface area contributed by atoms with Gasteiger partial charge in [-0.05, 0) is 109 Å². The largest absolute Gasteiger partial charge is 0.652 e. The van der Waals surface area contributed by atoms with Gasteiger partial charge in [0.05, 0.1) is 52.4 Å². The van der Waals surface area contributed by atoms with Crippen LogP contribution in [0.15, 0.2) is 0 Å². The Balaban J connectivity index is -0.00000119. The number of carbonyl (C=O) groups excluding carboxylic acids is 1. The van der Waals surface area contributed by atoms with Crippen molar-refractivity contribution >= 4 is 6.16 Å². The van der Waals surface area contributed by atoms with Gasteiger partial charge < -0.3 is 24.0 Å². The lowest BCUT2D eigenvalue weighted by atomic mass is 10.0. The van der Waals surface area contributed by atoms with Crippen molar-refractivity contribution in [3.8, 4) is 0 Å². The molecular formula is C65H136N2O3. The zero-order chi connectivity index (χ0) is 52.2. The molecule has 0 saturated heterocycles. The quantitative estimate of drug-likeness (QED) is 0.0451. The van der Waals surface area contributed by atoms with Crippen molar-refractivity contribution in [3.05, 3.63) is 0 Å². The van der Waals surface area contributed by atoms with Gasteiger partial charge in [0.15, 0.2) is 0 Å². The van der Waals surface area contributed by atoms with Crippen molar-refractivity contribution < 1.29 is 24.0 Å². The topological polar surface area (TPSA) is 63.2 Å². The molecule has 0 aromatic rings. The van der Waals surface area contributed by atoms with Gasteiger partial charge in [0.2, 0.25) is 0 Å². The third-order valence-corrected chi connectivity index (χ3v) is 15.9. The molecule has 0 aliphatic heterocycles. The molecule has 0 aromatic carbocycles. The Morgan fingerprint density at radius 3 is 0.386 bits per heavy atom. The zero-order valence-corrected chi connectivity index (χ0v) is 50.2. The van der Waals surface area contributed by atoms with E-state index in [-0.39, 0.29) is 0 Å². The fraction of sp³-hybridized carbons (Fsp3) is 0.985. The molecule has 0 unspecified atom stereocenters. The van der Waals surface area contributed by atoms with Crippen LogP contribution in [0.5, 0.6) is 0 Å². The van der Waals surface area contributed by atoms with Crippen molar-refractivity contribution in [2.45, 2.75) is 364 Å². The van der Waals surface area contributed by atoms with Crippen LogP contribution in [0.25, 0.3) is 0 Å². The molecule has 0 bridgehead atoms. The maximum atomic E-state index is 8.33. The Morgan fingerprint density at radius 2 is 0.286 bits per heavy atom. The van der Waals surface area contributed by atoms with Gasteiger partial charge in [0.1, 0.15) is 0 Å². The van der Waals surface area contributed by atoms with E-state index >= 15 is 0 Å². The lowest BCUT2D eigenvalue weighted by Crippen LogP contribution is -2.50. The monoisotopic (exact) mass is 993 g/mol. The molecule has 0 rings (SSSR count). The van der Waals surface area contributed by atoms with Crippen LogP contribution in [0.4, 0.5) is 4.79 Å². The first-order valence-electron chi connectivity index (χ1n) is 32.8. The average Bonchev–Trinajstić information content (AvgIpc) is 3.35. The summed E-state index contributed by atoms with van der Waals surface area (Å²) < 4.78 is 2.95. The fourth-order valence-corrected chi connectivity index (χ4v) is 11.2. The predicted molar refractivity (Wildman–Crippen MR) is 312 cm³/mol. The van der Waals surface area contributed by atoms with Crippen LogP contribution in [0.3, 0.4) is 0 Å². The van der Waals surface area contributed by atoms with Gasteiger partial charge in [-0.25, -0.2) is 0 Å². The first kappa shape index (κ1) is 73.4. The number of quaternary nitrogens is 2. The minimum Gasteiger partial charge on any atom is -0.652 e. The van der Waals surface area contributed by atoms with E-state index in [1.165, 1.54) is 370 Å². The molecule has 0 N–H and O–H groups in total. The maximum Gasteiger partial charge on any atom is 0.0786 e. The number of carbonyl (C=O) groups is 1. The third-order valence-electron chi connectivity index (χ3n) is 15.9. The van der Waals surface area contributed by atoms with Crippen LogP contribution in [-0.2, 0) is 0 Å². The molecule has 0 amide bonds. The molecule has 0 aliphatic carbocycles. The van der Waals surface area contributed by atoms with Gasteiger partial charge in [0.25, 0.3) is 0 Å². The molecule has 0 aromatic heterocycles. The van der Waals surface area contributed by atoms with Crippen molar-refractivity contribution in [1.82, 2.24) is 0 Å². The number of hydrogen-bond donors (Lipinski definition) is 0. The summed E-state index contributed by atoms with van der Waals surface area (Å²) in [7, 11) is 0. The van der Waals surface area contributed by atoms with Crippen LogP contribution >= 0.6 is 0 Å². The first-order chi connectivity index (χ1) is 34.2. The Morgan fingerprint density at radius 1 is 0.200 bits per heavy atom. The van der Waals surface area contributed by atoms with E-state index < -0.39 is 6.16 Å². The van der Waals surface area contributed by atoms with Crippen molar-refractivity contribution in [2.24, 2.45) is 0 Å². The molecule has 5 heteroatoms. The summed E-state index contributed by atoms with van der Waals surface area (Å²) in [5, 5.41) is 16.7. The van der Waals surface area contributed by atoms with Gasteiger partial charge in [-0.2, -0.15) is 0 Å². The van der Waals surface area contributed by atoms with Crippen molar-refractivity contribution in [1.29, 1.82) is 0 Å².